The fourth-order valence-electron chi connectivity index (χ4n) is 2.01. The molecule has 2 nitrogen and oxygen atoms in total. The number of carbonyl (C=O) groups is 2. The molecule has 0 aromatic heterocycles. The van der Waals surface area contributed by atoms with E-state index in [0.717, 1.165) is 21.9 Å². The summed E-state index contributed by atoms with van der Waals surface area (Å²) in [5, 5.41) is 0. The lowest BCUT2D eigenvalue weighted by molar-refractivity contribution is -0.109. The lowest BCUT2D eigenvalue weighted by atomic mass is 9.92. The van der Waals surface area contributed by atoms with Crippen LogP contribution in [0, 0.1) is 6.92 Å². The fraction of sp³-hybridized carbons (Fsp3) is 0.176. The minimum atomic E-state index is -0.392. The first-order valence-electron chi connectivity index (χ1n) is 6.41. The van der Waals surface area contributed by atoms with Gasteiger partial charge < -0.3 is 4.79 Å². The molecular weight excluding hydrogens is 316 g/mol. The molecule has 0 aliphatic carbocycles. The van der Waals surface area contributed by atoms with Crippen LogP contribution in [0.5, 0.6) is 0 Å². The standard InChI is InChI=1S/C17H15BrO2/c1-12-2-4-14(5-3-12)17(20)10-15(11-19)13-6-8-16(18)9-7-13/h2-9,11,15H,10H2,1H3. The maximum atomic E-state index is 12.2. The predicted octanol–water partition coefficient (Wildman–Crippen LogP) is 4.31. The highest BCUT2D eigenvalue weighted by molar-refractivity contribution is 9.10. The summed E-state index contributed by atoms with van der Waals surface area (Å²) in [5.74, 6) is -0.401. The Morgan fingerprint density at radius 3 is 2.25 bits per heavy atom. The van der Waals surface area contributed by atoms with E-state index in [1.807, 2.05) is 43.3 Å². The van der Waals surface area contributed by atoms with Crippen LogP contribution in [0.2, 0.25) is 0 Å². The first-order chi connectivity index (χ1) is 9.60. The Kier molecular flexibility index (Phi) is 4.85. The minimum absolute atomic E-state index is 0.00924. The Bertz CT molecular complexity index is 600. The number of Topliss-reactive ketones (excluding diaryl/α,β-unsaturated/α-hetero) is 1. The Hall–Kier alpha value is -1.74. The van der Waals surface area contributed by atoms with Crippen LogP contribution in [-0.4, -0.2) is 12.1 Å². The van der Waals surface area contributed by atoms with Gasteiger partial charge in [-0.15, -0.1) is 0 Å². The first kappa shape index (κ1) is 14.7. The molecule has 0 fully saturated rings. The molecule has 2 aromatic rings. The van der Waals surface area contributed by atoms with Gasteiger partial charge >= 0.3 is 0 Å². The molecule has 0 aliphatic heterocycles. The van der Waals surface area contributed by atoms with Gasteiger partial charge in [-0.2, -0.15) is 0 Å². The molecular formula is C17H15BrO2. The summed E-state index contributed by atoms with van der Waals surface area (Å²) in [4.78, 5) is 23.4. The van der Waals surface area contributed by atoms with Gasteiger partial charge in [-0.1, -0.05) is 57.9 Å². The summed E-state index contributed by atoms with van der Waals surface area (Å²) in [6.07, 6.45) is 1.05. The predicted molar refractivity (Wildman–Crippen MR) is 83.1 cm³/mol. The SMILES string of the molecule is Cc1ccc(C(=O)CC(C=O)c2ccc(Br)cc2)cc1. The average molecular weight is 331 g/mol. The Morgan fingerprint density at radius 2 is 1.70 bits per heavy atom. The quantitative estimate of drug-likeness (QED) is 0.604. The summed E-state index contributed by atoms with van der Waals surface area (Å²) >= 11 is 3.36. The third-order valence-electron chi connectivity index (χ3n) is 3.24. The summed E-state index contributed by atoms with van der Waals surface area (Å²) in [6, 6.07) is 14.9. The van der Waals surface area contributed by atoms with Crippen LogP contribution < -0.4 is 0 Å². The van der Waals surface area contributed by atoms with E-state index in [-0.39, 0.29) is 12.2 Å². The molecule has 0 bridgehead atoms. The Labute approximate surface area is 127 Å². The molecule has 1 atom stereocenters. The van der Waals surface area contributed by atoms with E-state index in [9.17, 15) is 9.59 Å². The lowest BCUT2D eigenvalue weighted by Gasteiger charge is -2.10. The smallest absolute Gasteiger partial charge is 0.163 e. The zero-order valence-electron chi connectivity index (χ0n) is 11.2. The first-order valence-corrected chi connectivity index (χ1v) is 7.20. The zero-order valence-corrected chi connectivity index (χ0v) is 12.8. The van der Waals surface area contributed by atoms with Crippen molar-refractivity contribution in [1.29, 1.82) is 0 Å². The number of rotatable bonds is 5. The topological polar surface area (TPSA) is 34.1 Å². The second-order valence-electron chi connectivity index (χ2n) is 4.79. The molecule has 3 heteroatoms. The molecule has 0 aliphatic rings. The van der Waals surface area contributed by atoms with Gasteiger partial charge in [0.05, 0.1) is 0 Å². The Morgan fingerprint density at radius 1 is 1.10 bits per heavy atom. The number of ketones is 1. The summed E-state index contributed by atoms with van der Waals surface area (Å²) < 4.78 is 0.954. The minimum Gasteiger partial charge on any atom is -0.303 e. The van der Waals surface area contributed by atoms with Crippen molar-refractivity contribution >= 4 is 28.0 Å². The molecule has 0 radical (unpaired) electrons. The van der Waals surface area contributed by atoms with Crippen molar-refractivity contribution in [2.24, 2.45) is 0 Å². The summed E-state index contributed by atoms with van der Waals surface area (Å²) in [7, 11) is 0. The molecule has 2 rings (SSSR count). The maximum absolute atomic E-state index is 12.2. The van der Waals surface area contributed by atoms with Gasteiger partial charge in [-0.05, 0) is 24.6 Å². The molecule has 0 N–H and O–H groups in total. The molecule has 1 unspecified atom stereocenters. The van der Waals surface area contributed by atoms with Crippen LogP contribution in [0.15, 0.2) is 53.0 Å². The van der Waals surface area contributed by atoms with Gasteiger partial charge in [0.1, 0.15) is 6.29 Å². The van der Waals surface area contributed by atoms with Crippen molar-refractivity contribution in [3.05, 3.63) is 69.7 Å². The van der Waals surface area contributed by atoms with Crippen molar-refractivity contribution in [2.45, 2.75) is 19.3 Å². The Balaban J connectivity index is 2.13. The molecule has 2 aromatic carbocycles. The van der Waals surface area contributed by atoms with Crippen LogP contribution >= 0.6 is 15.9 Å². The molecule has 0 amide bonds. The van der Waals surface area contributed by atoms with Crippen LogP contribution in [0.3, 0.4) is 0 Å². The number of carbonyl (C=O) groups excluding carboxylic acids is 2. The highest BCUT2D eigenvalue weighted by Gasteiger charge is 2.16. The van der Waals surface area contributed by atoms with Gasteiger partial charge in [0, 0.05) is 22.4 Å². The number of hydrogen-bond acceptors (Lipinski definition) is 2. The number of aryl methyl sites for hydroxylation is 1. The van der Waals surface area contributed by atoms with Crippen molar-refractivity contribution in [1.82, 2.24) is 0 Å². The van der Waals surface area contributed by atoms with E-state index in [1.165, 1.54) is 0 Å². The van der Waals surface area contributed by atoms with Gasteiger partial charge in [0.2, 0.25) is 0 Å². The monoisotopic (exact) mass is 330 g/mol. The molecule has 102 valence electrons. The molecule has 0 saturated heterocycles. The number of benzene rings is 2. The second-order valence-corrected chi connectivity index (χ2v) is 5.70. The van der Waals surface area contributed by atoms with E-state index < -0.39 is 5.92 Å². The largest absolute Gasteiger partial charge is 0.303 e. The third-order valence-corrected chi connectivity index (χ3v) is 3.77. The molecule has 0 saturated carbocycles. The van der Waals surface area contributed by atoms with Crippen molar-refractivity contribution < 1.29 is 9.59 Å². The van der Waals surface area contributed by atoms with E-state index in [1.54, 1.807) is 12.1 Å². The number of aldehydes is 1. The van der Waals surface area contributed by atoms with Gasteiger partial charge in [0.15, 0.2) is 5.78 Å². The summed E-state index contributed by atoms with van der Waals surface area (Å²) in [5.41, 5.74) is 2.63. The van der Waals surface area contributed by atoms with Gasteiger partial charge in [-0.3, -0.25) is 4.79 Å². The summed E-state index contributed by atoms with van der Waals surface area (Å²) in [6.45, 7) is 1.98. The van der Waals surface area contributed by atoms with E-state index >= 15 is 0 Å². The van der Waals surface area contributed by atoms with Crippen LogP contribution in [0.25, 0.3) is 0 Å². The van der Waals surface area contributed by atoms with Gasteiger partial charge in [0.25, 0.3) is 0 Å². The molecule has 0 spiro atoms. The van der Waals surface area contributed by atoms with Crippen LogP contribution in [0.4, 0.5) is 0 Å². The highest BCUT2D eigenvalue weighted by atomic mass is 79.9. The number of halogens is 1. The van der Waals surface area contributed by atoms with Crippen LogP contribution in [0.1, 0.15) is 33.8 Å². The normalized spacial score (nSPS) is 11.9. The molecule has 20 heavy (non-hydrogen) atoms. The van der Waals surface area contributed by atoms with Crippen molar-refractivity contribution in [3.63, 3.8) is 0 Å². The molecule has 0 heterocycles. The zero-order chi connectivity index (χ0) is 14.5. The number of hydrogen-bond donors (Lipinski definition) is 0. The maximum Gasteiger partial charge on any atom is 0.163 e. The lowest BCUT2D eigenvalue weighted by Crippen LogP contribution is -2.09. The average Bonchev–Trinajstić information content (AvgIpc) is 2.46. The second kappa shape index (κ2) is 6.62. The van der Waals surface area contributed by atoms with Crippen LogP contribution in [-0.2, 0) is 4.79 Å². The van der Waals surface area contributed by atoms with E-state index in [2.05, 4.69) is 15.9 Å². The van der Waals surface area contributed by atoms with Crippen molar-refractivity contribution in [2.75, 3.05) is 0 Å². The van der Waals surface area contributed by atoms with E-state index in [0.29, 0.717) is 5.56 Å². The highest BCUT2D eigenvalue weighted by Crippen LogP contribution is 2.22. The van der Waals surface area contributed by atoms with E-state index in [4.69, 9.17) is 0 Å². The third kappa shape index (κ3) is 3.64. The fourth-order valence-corrected chi connectivity index (χ4v) is 2.28. The van der Waals surface area contributed by atoms with Crippen molar-refractivity contribution in [3.8, 4) is 0 Å². The van der Waals surface area contributed by atoms with Gasteiger partial charge in [-0.25, -0.2) is 0 Å².